The molecule has 1 atom stereocenters. The van der Waals surface area contributed by atoms with E-state index in [0.717, 1.165) is 18.4 Å². The summed E-state index contributed by atoms with van der Waals surface area (Å²) < 4.78 is 5.23. The molecule has 0 aromatic heterocycles. The second-order valence-corrected chi connectivity index (χ2v) is 5.94. The van der Waals surface area contributed by atoms with Gasteiger partial charge in [-0.1, -0.05) is 38.4 Å². The van der Waals surface area contributed by atoms with Crippen LogP contribution < -0.4 is 4.74 Å². The van der Waals surface area contributed by atoms with E-state index in [1.54, 1.807) is 19.2 Å². The lowest BCUT2D eigenvalue weighted by Crippen LogP contribution is -2.09. The molecule has 0 bridgehead atoms. The van der Waals surface area contributed by atoms with Crippen molar-refractivity contribution in [1.82, 2.24) is 0 Å². The Morgan fingerprint density at radius 1 is 1.35 bits per heavy atom. The van der Waals surface area contributed by atoms with E-state index in [9.17, 15) is 5.11 Å². The topological polar surface area (TPSA) is 29.5 Å². The first-order valence-corrected chi connectivity index (χ1v) is 6.23. The lowest BCUT2D eigenvalue weighted by atomic mass is 9.88. The number of benzene rings is 1. The summed E-state index contributed by atoms with van der Waals surface area (Å²) in [5, 5.41) is 10.8. The van der Waals surface area contributed by atoms with Crippen molar-refractivity contribution < 1.29 is 9.84 Å². The number of aliphatic hydroxyl groups is 1. The molecule has 1 unspecified atom stereocenters. The molecule has 1 aromatic rings. The Kier molecular flexibility index (Phi) is 4.84. The fourth-order valence-electron chi connectivity index (χ4n) is 1.69. The summed E-state index contributed by atoms with van der Waals surface area (Å²) in [5.41, 5.74) is 1.03. The molecule has 3 heteroatoms. The van der Waals surface area contributed by atoms with Gasteiger partial charge in [0.25, 0.3) is 0 Å². The van der Waals surface area contributed by atoms with Gasteiger partial charge in [-0.3, -0.25) is 0 Å². The van der Waals surface area contributed by atoms with E-state index < -0.39 is 6.10 Å². The fraction of sp³-hybridized carbons (Fsp3) is 0.571. The van der Waals surface area contributed by atoms with Crippen molar-refractivity contribution in [2.75, 3.05) is 7.11 Å². The van der Waals surface area contributed by atoms with Gasteiger partial charge in [-0.05, 0) is 30.4 Å². The maximum atomic E-state index is 10.2. The number of aliphatic hydroxyl groups excluding tert-OH is 1. The normalized spacial score (nSPS) is 13.5. The van der Waals surface area contributed by atoms with Gasteiger partial charge in [0.2, 0.25) is 0 Å². The largest absolute Gasteiger partial charge is 0.496 e. The zero-order chi connectivity index (χ0) is 13.1. The van der Waals surface area contributed by atoms with Crippen LogP contribution in [0, 0.1) is 5.41 Å². The van der Waals surface area contributed by atoms with Crippen LogP contribution in [0.3, 0.4) is 0 Å². The lowest BCUT2D eigenvalue weighted by Gasteiger charge is -2.21. The highest BCUT2D eigenvalue weighted by Gasteiger charge is 2.17. The van der Waals surface area contributed by atoms with Crippen LogP contribution in [0.5, 0.6) is 5.75 Å². The second kappa shape index (κ2) is 5.74. The highest BCUT2D eigenvalue weighted by molar-refractivity contribution is 6.30. The molecule has 0 saturated heterocycles. The van der Waals surface area contributed by atoms with Crippen LogP contribution in [0.1, 0.15) is 45.3 Å². The third-order valence-corrected chi connectivity index (χ3v) is 2.96. The van der Waals surface area contributed by atoms with Crippen molar-refractivity contribution in [3.63, 3.8) is 0 Å². The molecule has 1 aromatic carbocycles. The van der Waals surface area contributed by atoms with Gasteiger partial charge in [-0.15, -0.1) is 0 Å². The number of halogens is 1. The summed E-state index contributed by atoms with van der Waals surface area (Å²) in [4.78, 5) is 0. The van der Waals surface area contributed by atoms with Gasteiger partial charge >= 0.3 is 0 Å². The smallest absolute Gasteiger partial charge is 0.126 e. The molecule has 96 valence electrons. The molecule has 0 aliphatic rings. The average molecular weight is 257 g/mol. The van der Waals surface area contributed by atoms with Crippen molar-refractivity contribution in [2.24, 2.45) is 5.41 Å². The van der Waals surface area contributed by atoms with E-state index in [1.807, 2.05) is 6.07 Å². The molecule has 1 N–H and O–H groups in total. The molecule has 1 rings (SSSR count). The van der Waals surface area contributed by atoms with Crippen molar-refractivity contribution in [1.29, 1.82) is 0 Å². The third kappa shape index (κ3) is 4.57. The van der Waals surface area contributed by atoms with Crippen LogP contribution >= 0.6 is 11.6 Å². The van der Waals surface area contributed by atoms with E-state index in [1.165, 1.54) is 0 Å². The third-order valence-electron chi connectivity index (χ3n) is 2.72. The Labute approximate surface area is 109 Å². The van der Waals surface area contributed by atoms with Crippen LogP contribution in [0.2, 0.25) is 5.02 Å². The van der Waals surface area contributed by atoms with Gasteiger partial charge < -0.3 is 9.84 Å². The van der Waals surface area contributed by atoms with Gasteiger partial charge in [0, 0.05) is 10.6 Å². The van der Waals surface area contributed by atoms with Crippen LogP contribution in [0.4, 0.5) is 0 Å². The van der Waals surface area contributed by atoms with Crippen LogP contribution in [0.15, 0.2) is 18.2 Å². The first-order valence-electron chi connectivity index (χ1n) is 5.85. The van der Waals surface area contributed by atoms with Crippen molar-refractivity contribution in [3.05, 3.63) is 28.8 Å². The lowest BCUT2D eigenvalue weighted by molar-refractivity contribution is 0.144. The Balaban J connectivity index is 2.78. The molecule has 0 heterocycles. The zero-order valence-electron chi connectivity index (χ0n) is 11.0. The predicted molar refractivity (Wildman–Crippen MR) is 71.7 cm³/mol. The van der Waals surface area contributed by atoms with E-state index in [4.69, 9.17) is 16.3 Å². The Bertz CT molecular complexity index is 369. The molecule has 0 saturated carbocycles. The average Bonchev–Trinajstić information content (AvgIpc) is 2.24. The van der Waals surface area contributed by atoms with Crippen LogP contribution in [-0.4, -0.2) is 12.2 Å². The first kappa shape index (κ1) is 14.3. The minimum atomic E-state index is -0.499. The Hall–Kier alpha value is -0.730. The monoisotopic (exact) mass is 256 g/mol. The number of ether oxygens (including phenoxy) is 1. The quantitative estimate of drug-likeness (QED) is 0.875. The van der Waals surface area contributed by atoms with Gasteiger partial charge in [-0.25, -0.2) is 0 Å². The van der Waals surface area contributed by atoms with Crippen molar-refractivity contribution in [3.8, 4) is 5.75 Å². The summed E-state index contributed by atoms with van der Waals surface area (Å²) in [5.74, 6) is 0.652. The summed E-state index contributed by atoms with van der Waals surface area (Å²) in [6, 6.07) is 5.34. The van der Waals surface area contributed by atoms with Gasteiger partial charge in [-0.2, -0.15) is 0 Å². The number of rotatable bonds is 4. The fourth-order valence-corrected chi connectivity index (χ4v) is 1.85. The summed E-state index contributed by atoms with van der Waals surface area (Å²) in [6.45, 7) is 6.50. The maximum absolute atomic E-state index is 10.2. The summed E-state index contributed by atoms with van der Waals surface area (Å²) in [7, 11) is 1.59. The molecule has 0 fully saturated rings. The highest BCUT2D eigenvalue weighted by atomic mass is 35.5. The van der Waals surface area contributed by atoms with Gasteiger partial charge in [0.15, 0.2) is 0 Å². The number of hydrogen-bond donors (Lipinski definition) is 1. The van der Waals surface area contributed by atoms with E-state index >= 15 is 0 Å². The van der Waals surface area contributed by atoms with E-state index in [-0.39, 0.29) is 5.41 Å². The molecule has 0 radical (unpaired) electrons. The Morgan fingerprint density at radius 2 is 2.00 bits per heavy atom. The van der Waals surface area contributed by atoms with E-state index in [2.05, 4.69) is 20.8 Å². The standard InChI is InChI=1S/C14H21ClO2/c1-14(2,3)8-7-12(16)11-6-5-10(15)9-13(11)17-4/h5-6,9,12,16H,7-8H2,1-4H3. The number of methoxy groups -OCH3 is 1. The number of hydrogen-bond acceptors (Lipinski definition) is 2. The first-order chi connectivity index (χ1) is 7.83. The molecular weight excluding hydrogens is 236 g/mol. The molecule has 0 spiro atoms. The van der Waals surface area contributed by atoms with E-state index in [0.29, 0.717) is 10.8 Å². The van der Waals surface area contributed by atoms with Crippen LogP contribution in [0.25, 0.3) is 0 Å². The maximum Gasteiger partial charge on any atom is 0.126 e. The highest BCUT2D eigenvalue weighted by Crippen LogP contribution is 2.33. The molecule has 0 amide bonds. The SMILES string of the molecule is COc1cc(Cl)ccc1C(O)CCC(C)(C)C. The minimum absolute atomic E-state index is 0.223. The summed E-state index contributed by atoms with van der Waals surface area (Å²) >= 11 is 5.89. The Morgan fingerprint density at radius 3 is 2.53 bits per heavy atom. The van der Waals surface area contributed by atoms with Gasteiger partial charge in [0.1, 0.15) is 5.75 Å². The molecule has 0 aliphatic carbocycles. The molecule has 2 nitrogen and oxygen atoms in total. The van der Waals surface area contributed by atoms with Gasteiger partial charge in [0.05, 0.1) is 13.2 Å². The predicted octanol–water partition coefficient (Wildman–Crippen LogP) is 4.21. The molecule has 17 heavy (non-hydrogen) atoms. The van der Waals surface area contributed by atoms with Crippen molar-refractivity contribution in [2.45, 2.75) is 39.7 Å². The minimum Gasteiger partial charge on any atom is -0.496 e. The molecule has 0 aliphatic heterocycles. The summed E-state index contributed by atoms with van der Waals surface area (Å²) in [6.07, 6.45) is 1.18. The molecular formula is C14H21ClO2. The van der Waals surface area contributed by atoms with Crippen LogP contribution in [-0.2, 0) is 0 Å². The van der Waals surface area contributed by atoms with Crippen molar-refractivity contribution >= 4 is 11.6 Å². The zero-order valence-corrected chi connectivity index (χ0v) is 11.7. The second-order valence-electron chi connectivity index (χ2n) is 5.50.